The number of hydrogen-bond acceptors (Lipinski definition) is 1. The average molecular weight is 199 g/mol. The monoisotopic (exact) mass is 199 g/mol. The van der Waals surface area contributed by atoms with E-state index >= 15 is 0 Å². The molecule has 0 aromatic heterocycles. The summed E-state index contributed by atoms with van der Waals surface area (Å²) in [6.07, 6.45) is 0.807. The van der Waals surface area contributed by atoms with Gasteiger partial charge in [0, 0.05) is 18.5 Å². The van der Waals surface area contributed by atoms with Gasteiger partial charge in [-0.15, -0.1) is 0 Å². The lowest BCUT2D eigenvalue weighted by molar-refractivity contribution is 0.0174. The largest absolute Gasteiger partial charge is 0.324 e. The van der Waals surface area contributed by atoms with E-state index in [0.29, 0.717) is 0 Å². The highest BCUT2D eigenvalue weighted by Crippen LogP contribution is 2.27. The maximum Gasteiger partial charge on any atom is 0.270 e. The minimum Gasteiger partial charge on any atom is -0.324 e. The van der Waals surface area contributed by atoms with Crippen LogP contribution in [-0.4, -0.2) is 0 Å². The van der Waals surface area contributed by atoms with E-state index in [0.717, 1.165) is 18.9 Å². The van der Waals surface area contributed by atoms with E-state index < -0.39 is 5.92 Å². The highest BCUT2D eigenvalue weighted by Gasteiger charge is 2.23. The zero-order valence-corrected chi connectivity index (χ0v) is 8.43. The molecule has 0 aliphatic heterocycles. The van der Waals surface area contributed by atoms with E-state index in [1.165, 1.54) is 12.1 Å². The summed E-state index contributed by atoms with van der Waals surface area (Å²) < 4.78 is 25.7. The Balaban J connectivity index is 2.89. The molecule has 0 saturated heterocycles. The second-order valence-corrected chi connectivity index (χ2v) is 3.53. The molecule has 0 radical (unpaired) electrons. The molecule has 1 aromatic carbocycles. The Morgan fingerprint density at radius 3 is 2.14 bits per heavy atom. The quantitative estimate of drug-likeness (QED) is 0.794. The number of halogens is 2. The van der Waals surface area contributed by atoms with Gasteiger partial charge in [-0.25, -0.2) is 8.78 Å². The summed E-state index contributed by atoms with van der Waals surface area (Å²) in [4.78, 5) is 0. The Morgan fingerprint density at radius 1 is 1.29 bits per heavy atom. The van der Waals surface area contributed by atoms with E-state index in [-0.39, 0.29) is 11.6 Å². The molecule has 1 atom stereocenters. The molecule has 0 heterocycles. The SMILES string of the molecule is CCC(N)c1ccc(C(C)(F)F)cc1. The summed E-state index contributed by atoms with van der Waals surface area (Å²) in [5.74, 6) is -2.77. The van der Waals surface area contributed by atoms with Gasteiger partial charge in [-0.2, -0.15) is 0 Å². The molecular weight excluding hydrogens is 184 g/mol. The molecule has 78 valence electrons. The second kappa shape index (κ2) is 4.05. The standard InChI is InChI=1S/C11H15F2N/c1-3-10(14)8-4-6-9(7-5-8)11(2,12)13/h4-7,10H,3,14H2,1-2H3. The van der Waals surface area contributed by atoms with Gasteiger partial charge in [-0.3, -0.25) is 0 Å². The van der Waals surface area contributed by atoms with Crippen LogP contribution in [-0.2, 0) is 5.92 Å². The van der Waals surface area contributed by atoms with Gasteiger partial charge in [0.25, 0.3) is 5.92 Å². The van der Waals surface area contributed by atoms with Gasteiger partial charge in [0.15, 0.2) is 0 Å². The Hall–Kier alpha value is -0.960. The number of benzene rings is 1. The highest BCUT2D eigenvalue weighted by atomic mass is 19.3. The lowest BCUT2D eigenvalue weighted by Gasteiger charge is -2.13. The van der Waals surface area contributed by atoms with Crippen molar-refractivity contribution in [2.45, 2.75) is 32.2 Å². The molecule has 3 heteroatoms. The predicted octanol–water partition coefficient (Wildman–Crippen LogP) is 3.21. The van der Waals surface area contributed by atoms with E-state index in [1.807, 2.05) is 6.92 Å². The molecule has 14 heavy (non-hydrogen) atoms. The van der Waals surface area contributed by atoms with Crippen molar-refractivity contribution in [3.05, 3.63) is 35.4 Å². The Labute approximate surface area is 82.9 Å². The molecule has 1 unspecified atom stereocenters. The van der Waals surface area contributed by atoms with Gasteiger partial charge in [0.2, 0.25) is 0 Å². The number of hydrogen-bond donors (Lipinski definition) is 1. The zero-order chi connectivity index (χ0) is 10.8. The predicted molar refractivity (Wildman–Crippen MR) is 53.2 cm³/mol. The first-order valence-electron chi connectivity index (χ1n) is 4.69. The molecule has 0 saturated carbocycles. The molecular formula is C11H15F2N. The van der Waals surface area contributed by atoms with Crippen LogP contribution in [0.25, 0.3) is 0 Å². The summed E-state index contributed by atoms with van der Waals surface area (Å²) in [6, 6.07) is 6.15. The van der Waals surface area contributed by atoms with Crippen LogP contribution in [0.1, 0.15) is 37.4 Å². The van der Waals surface area contributed by atoms with Gasteiger partial charge in [-0.05, 0) is 12.0 Å². The lowest BCUT2D eigenvalue weighted by Crippen LogP contribution is -2.10. The first kappa shape index (κ1) is 11.1. The normalized spacial score (nSPS) is 14.1. The second-order valence-electron chi connectivity index (χ2n) is 3.53. The van der Waals surface area contributed by atoms with Crippen LogP contribution in [0.15, 0.2) is 24.3 Å². The van der Waals surface area contributed by atoms with Gasteiger partial charge < -0.3 is 5.73 Å². The lowest BCUT2D eigenvalue weighted by atomic mass is 10.0. The Kier molecular flexibility index (Phi) is 3.21. The molecule has 0 spiro atoms. The number of rotatable bonds is 3. The molecule has 1 nitrogen and oxygen atoms in total. The molecule has 0 fully saturated rings. The maximum absolute atomic E-state index is 12.8. The van der Waals surface area contributed by atoms with Crippen LogP contribution >= 0.6 is 0 Å². The molecule has 0 amide bonds. The summed E-state index contributed by atoms with van der Waals surface area (Å²) in [6.45, 7) is 2.86. The van der Waals surface area contributed by atoms with Crippen LogP contribution in [0.4, 0.5) is 8.78 Å². The summed E-state index contributed by atoms with van der Waals surface area (Å²) in [5.41, 5.74) is 6.70. The third kappa shape index (κ3) is 2.51. The zero-order valence-electron chi connectivity index (χ0n) is 8.43. The number of alkyl halides is 2. The van der Waals surface area contributed by atoms with Crippen LogP contribution in [0, 0.1) is 0 Å². The van der Waals surface area contributed by atoms with Crippen LogP contribution in [0.2, 0.25) is 0 Å². The number of nitrogens with two attached hydrogens (primary N) is 1. The Morgan fingerprint density at radius 2 is 1.79 bits per heavy atom. The fraction of sp³-hybridized carbons (Fsp3) is 0.455. The Bertz CT molecular complexity index is 287. The van der Waals surface area contributed by atoms with Crippen molar-refractivity contribution in [2.24, 2.45) is 5.73 Å². The van der Waals surface area contributed by atoms with Crippen molar-refractivity contribution >= 4 is 0 Å². The molecule has 0 aliphatic rings. The van der Waals surface area contributed by atoms with E-state index in [9.17, 15) is 8.78 Å². The summed E-state index contributed by atoms with van der Waals surface area (Å²) in [7, 11) is 0. The van der Waals surface area contributed by atoms with E-state index in [1.54, 1.807) is 12.1 Å². The van der Waals surface area contributed by atoms with Gasteiger partial charge in [0.05, 0.1) is 0 Å². The van der Waals surface area contributed by atoms with Crippen molar-refractivity contribution in [2.75, 3.05) is 0 Å². The average Bonchev–Trinajstić information content (AvgIpc) is 2.15. The van der Waals surface area contributed by atoms with Crippen molar-refractivity contribution in [3.8, 4) is 0 Å². The van der Waals surface area contributed by atoms with Gasteiger partial charge in [0.1, 0.15) is 0 Å². The summed E-state index contributed by atoms with van der Waals surface area (Å²) >= 11 is 0. The van der Waals surface area contributed by atoms with Crippen molar-refractivity contribution in [1.29, 1.82) is 0 Å². The van der Waals surface area contributed by atoms with Crippen molar-refractivity contribution < 1.29 is 8.78 Å². The van der Waals surface area contributed by atoms with Crippen LogP contribution in [0.5, 0.6) is 0 Å². The van der Waals surface area contributed by atoms with Crippen LogP contribution in [0.3, 0.4) is 0 Å². The van der Waals surface area contributed by atoms with E-state index in [4.69, 9.17) is 5.73 Å². The first-order valence-corrected chi connectivity index (χ1v) is 4.69. The minimum absolute atomic E-state index is 0.0320. The van der Waals surface area contributed by atoms with Crippen LogP contribution < -0.4 is 5.73 Å². The topological polar surface area (TPSA) is 26.0 Å². The van der Waals surface area contributed by atoms with Crippen molar-refractivity contribution in [1.82, 2.24) is 0 Å². The smallest absolute Gasteiger partial charge is 0.270 e. The maximum atomic E-state index is 12.8. The third-order valence-corrected chi connectivity index (χ3v) is 2.29. The van der Waals surface area contributed by atoms with Gasteiger partial charge >= 0.3 is 0 Å². The third-order valence-electron chi connectivity index (χ3n) is 2.29. The first-order chi connectivity index (χ1) is 6.45. The molecule has 1 aromatic rings. The molecule has 0 aliphatic carbocycles. The molecule has 0 bridgehead atoms. The minimum atomic E-state index is -2.77. The molecule has 2 N–H and O–H groups in total. The summed E-state index contributed by atoms with van der Waals surface area (Å²) in [5, 5.41) is 0. The molecule has 1 rings (SSSR count). The van der Waals surface area contributed by atoms with Crippen molar-refractivity contribution in [3.63, 3.8) is 0 Å². The highest BCUT2D eigenvalue weighted by molar-refractivity contribution is 5.27. The fourth-order valence-electron chi connectivity index (χ4n) is 1.26. The van der Waals surface area contributed by atoms with Gasteiger partial charge in [-0.1, -0.05) is 31.2 Å². The fourth-order valence-corrected chi connectivity index (χ4v) is 1.26. The van der Waals surface area contributed by atoms with E-state index in [2.05, 4.69) is 0 Å².